The second-order valence-corrected chi connectivity index (χ2v) is 1.54. The summed E-state index contributed by atoms with van der Waals surface area (Å²) in [5.74, 6) is 0. The lowest BCUT2D eigenvalue weighted by molar-refractivity contribution is -0.112. The summed E-state index contributed by atoms with van der Waals surface area (Å²) in [5.41, 5.74) is 0. The van der Waals surface area contributed by atoms with Crippen molar-refractivity contribution in [2.45, 2.75) is 0 Å². The predicted octanol–water partition coefficient (Wildman–Crippen LogP) is -1.09. The Morgan fingerprint density at radius 1 is 1.86 bits per heavy atom. The molecule has 1 atom stereocenters. The molecule has 0 aromatic carbocycles. The molecule has 0 aromatic heterocycles. The number of nitrogens with zero attached hydrogens (tertiary/aromatic N) is 1. The Bertz CT molecular complexity index is 92.9. The van der Waals surface area contributed by atoms with E-state index >= 15 is 0 Å². The van der Waals surface area contributed by atoms with Gasteiger partial charge in [-0.2, -0.15) is 0 Å². The summed E-state index contributed by atoms with van der Waals surface area (Å²) in [6, 6.07) is 0. The Morgan fingerprint density at radius 3 is 2.29 bits per heavy atom. The van der Waals surface area contributed by atoms with Gasteiger partial charge < -0.3 is 4.55 Å². The Hall–Kier alpha value is -0.420. The van der Waals surface area contributed by atoms with Crippen molar-refractivity contribution in [3.8, 4) is 0 Å². The van der Waals surface area contributed by atoms with Crippen LogP contribution in [0.2, 0.25) is 0 Å². The average Bonchev–Trinajstić information content (AvgIpc) is 1.65. The molecule has 0 aliphatic rings. The highest BCUT2D eigenvalue weighted by atomic mass is 32.2. The summed E-state index contributed by atoms with van der Waals surface area (Å²) >= 11 is -2.62. The number of hydrogen-bond acceptors (Lipinski definition) is 3. The molecule has 0 fully saturated rings. The van der Waals surface area contributed by atoms with Gasteiger partial charge in [-0.3, -0.25) is 13.3 Å². The summed E-state index contributed by atoms with van der Waals surface area (Å²) in [7, 11) is 4.47. The molecule has 0 spiro atoms. The molecule has 7 heavy (non-hydrogen) atoms. The molecular weight excluding hydrogens is 118 g/mol. The lowest BCUT2D eigenvalue weighted by Gasteiger charge is -2.10. The molecule has 40 valence electrons. The maximum Gasteiger partial charge on any atom is 0.221 e. The highest BCUT2D eigenvalue weighted by Gasteiger charge is 1.86. The predicted molar refractivity (Wildman–Crippen MR) is 21.1 cm³/mol. The zero-order chi connectivity index (χ0) is 5.86. The highest BCUT2D eigenvalue weighted by Crippen LogP contribution is 1.77. The van der Waals surface area contributed by atoms with E-state index in [4.69, 9.17) is 0 Å². The third-order valence-electron chi connectivity index (χ3n) is 0.276. The van der Waals surface area contributed by atoms with Gasteiger partial charge in [0.15, 0.2) is 0 Å². The number of hydrogen-bond donors (Lipinski definition) is 0. The third kappa shape index (κ3) is 2.30. The lowest BCUT2D eigenvalue weighted by atomic mass is 11.2. The van der Waals surface area contributed by atoms with Crippen LogP contribution in [-0.2, 0) is 16.1 Å². The fourth-order valence-corrected chi connectivity index (χ4v) is 0.105. The number of rotatable bonds is 2. The molecule has 0 heterocycles. The highest BCUT2D eigenvalue weighted by molar-refractivity contribution is 7.77. The number of carbonyl (C=O) groups excluding carboxylic acids is 1. The molecule has 0 saturated heterocycles. The molecule has 5 heteroatoms. The Labute approximate surface area is 43.5 Å². The molecule has 0 aliphatic heterocycles. The van der Waals surface area contributed by atoms with Crippen LogP contribution < -0.4 is 0 Å². The second-order valence-electron chi connectivity index (χ2n) is 0.682. The van der Waals surface area contributed by atoms with Crippen LogP contribution >= 0.6 is 0 Å². The molecule has 2 radical (unpaired) electrons. The van der Waals surface area contributed by atoms with Crippen molar-refractivity contribution < 1.29 is 13.6 Å². The summed E-state index contributed by atoms with van der Waals surface area (Å²) in [5, 5.41) is 0. The first kappa shape index (κ1) is 6.58. The van der Waals surface area contributed by atoms with Crippen molar-refractivity contribution in [3.63, 3.8) is 0 Å². The first-order chi connectivity index (χ1) is 3.18. The zero-order valence-electron chi connectivity index (χ0n) is 3.23. The quantitative estimate of drug-likeness (QED) is 0.264. The van der Waals surface area contributed by atoms with Crippen LogP contribution in [0.15, 0.2) is 0 Å². The van der Waals surface area contributed by atoms with Crippen LogP contribution in [0, 0.1) is 7.05 Å². The van der Waals surface area contributed by atoms with Crippen LogP contribution in [0.4, 0.5) is 0 Å². The van der Waals surface area contributed by atoms with Crippen LogP contribution in [0.5, 0.6) is 0 Å². The molecule has 4 nitrogen and oxygen atoms in total. The minimum atomic E-state index is -2.62. The fourth-order valence-electron chi connectivity index (χ4n) is 0.0351. The van der Waals surface area contributed by atoms with E-state index in [1.165, 1.54) is 0 Å². The normalized spacial score (nSPS) is 12.9. The summed E-state index contributed by atoms with van der Waals surface area (Å²) in [6.07, 6.45) is -0.0108. The lowest BCUT2D eigenvalue weighted by Crippen LogP contribution is -2.15. The topological polar surface area (TPSA) is 60.4 Å². The SMILES string of the molecule is [CH]N(C=O)S(=O)[O-]. The molecule has 0 N–H and O–H groups in total. The molecule has 0 aliphatic carbocycles. The van der Waals surface area contributed by atoms with Gasteiger partial charge >= 0.3 is 0 Å². The molecule has 1 amide bonds. The Kier molecular flexibility index (Phi) is 2.54. The minimum absolute atomic E-state index is 0.0108. The van der Waals surface area contributed by atoms with Gasteiger partial charge in [-0.05, 0) is 0 Å². The summed E-state index contributed by atoms with van der Waals surface area (Å²) in [4.78, 5) is 9.35. The van der Waals surface area contributed by atoms with E-state index in [9.17, 15) is 13.6 Å². The fraction of sp³-hybridized carbons (Fsp3) is 0. The van der Waals surface area contributed by atoms with Gasteiger partial charge in [0.2, 0.25) is 6.41 Å². The molecule has 0 saturated carbocycles. The summed E-state index contributed by atoms with van der Waals surface area (Å²) < 4.78 is 19.0. The van der Waals surface area contributed by atoms with E-state index < -0.39 is 11.3 Å². The van der Waals surface area contributed by atoms with E-state index in [0.717, 1.165) is 0 Å². The molecular formula is C2H2NO3S-. The zero-order valence-corrected chi connectivity index (χ0v) is 4.05. The Morgan fingerprint density at radius 2 is 2.29 bits per heavy atom. The van der Waals surface area contributed by atoms with E-state index in [-0.39, 0.29) is 10.7 Å². The maximum absolute atomic E-state index is 9.50. The maximum atomic E-state index is 9.50. The smallest absolute Gasteiger partial charge is 0.221 e. The van der Waals surface area contributed by atoms with Crippen LogP contribution in [-0.4, -0.2) is 19.5 Å². The second kappa shape index (κ2) is 2.70. The molecule has 1 unspecified atom stereocenters. The van der Waals surface area contributed by atoms with Crippen molar-refractivity contribution in [2.24, 2.45) is 0 Å². The van der Waals surface area contributed by atoms with Gasteiger partial charge in [-0.15, -0.1) is 0 Å². The van der Waals surface area contributed by atoms with Crippen molar-refractivity contribution in [1.82, 2.24) is 4.31 Å². The van der Waals surface area contributed by atoms with Crippen LogP contribution in [0.1, 0.15) is 0 Å². The van der Waals surface area contributed by atoms with Crippen LogP contribution in [0.3, 0.4) is 0 Å². The van der Waals surface area contributed by atoms with Crippen molar-refractivity contribution in [2.75, 3.05) is 0 Å². The van der Waals surface area contributed by atoms with Gasteiger partial charge in [0.1, 0.15) is 0 Å². The van der Waals surface area contributed by atoms with Crippen molar-refractivity contribution >= 4 is 17.7 Å². The number of amides is 1. The van der Waals surface area contributed by atoms with Gasteiger partial charge in [0.05, 0.1) is 7.05 Å². The molecule has 0 aromatic rings. The molecule has 0 rings (SSSR count). The largest absolute Gasteiger partial charge is 0.755 e. The van der Waals surface area contributed by atoms with Gasteiger partial charge in [0.25, 0.3) is 0 Å². The first-order valence-electron chi connectivity index (χ1n) is 1.27. The van der Waals surface area contributed by atoms with E-state index in [1.54, 1.807) is 0 Å². The van der Waals surface area contributed by atoms with Gasteiger partial charge in [0, 0.05) is 11.3 Å². The van der Waals surface area contributed by atoms with Crippen LogP contribution in [0.25, 0.3) is 0 Å². The average molecular weight is 120 g/mol. The van der Waals surface area contributed by atoms with Gasteiger partial charge in [-0.1, -0.05) is 0 Å². The Balaban J connectivity index is 3.55. The molecule has 0 bridgehead atoms. The standard InChI is InChI=1S/C2H3NO3S/c1-3(2-4)7(5)6/h1-2H,(H,5,6)/p-1. The van der Waals surface area contributed by atoms with Crippen molar-refractivity contribution in [1.29, 1.82) is 0 Å². The third-order valence-corrected chi connectivity index (χ3v) is 0.706. The summed E-state index contributed by atoms with van der Waals surface area (Å²) in [6.45, 7) is 0. The van der Waals surface area contributed by atoms with Gasteiger partial charge in [-0.25, -0.2) is 0 Å². The van der Waals surface area contributed by atoms with E-state index in [2.05, 4.69) is 7.05 Å². The van der Waals surface area contributed by atoms with E-state index in [0.29, 0.717) is 0 Å². The minimum Gasteiger partial charge on any atom is -0.755 e. The monoisotopic (exact) mass is 120 g/mol. The van der Waals surface area contributed by atoms with Crippen molar-refractivity contribution in [3.05, 3.63) is 7.05 Å². The first-order valence-corrected chi connectivity index (χ1v) is 2.30. The number of carbonyl (C=O) groups is 1. The van der Waals surface area contributed by atoms with E-state index in [1.807, 2.05) is 0 Å².